The van der Waals surface area contributed by atoms with Gasteiger partial charge in [-0.15, -0.1) is 11.3 Å². The number of nitrogens with zero attached hydrogens (tertiary/aromatic N) is 2. The van der Waals surface area contributed by atoms with Crippen molar-refractivity contribution < 1.29 is 13.6 Å². The first-order valence-corrected chi connectivity index (χ1v) is 14.1. The van der Waals surface area contributed by atoms with Crippen LogP contribution in [0.25, 0.3) is 21.9 Å². The van der Waals surface area contributed by atoms with E-state index >= 15 is 0 Å². The Morgan fingerprint density at radius 3 is 2.24 bits per heavy atom. The molecule has 0 radical (unpaired) electrons. The predicted octanol–water partition coefficient (Wildman–Crippen LogP) is 7.14. The van der Waals surface area contributed by atoms with Crippen LogP contribution in [-0.4, -0.2) is 28.4 Å². The molecule has 2 aromatic carbocycles. The normalized spacial score (nSPS) is 12.7. The van der Waals surface area contributed by atoms with Crippen LogP contribution in [-0.2, 0) is 24.3 Å². The third kappa shape index (κ3) is 6.17. The first-order valence-electron chi connectivity index (χ1n) is 13.2. The van der Waals surface area contributed by atoms with Crippen LogP contribution in [0.1, 0.15) is 55.4 Å². The molecule has 0 spiro atoms. The lowest BCUT2D eigenvalue weighted by atomic mass is 10.0. The van der Waals surface area contributed by atoms with E-state index < -0.39 is 0 Å². The van der Waals surface area contributed by atoms with Crippen molar-refractivity contribution in [1.82, 2.24) is 15.2 Å². The zero-order valence-electron chi connectivity index (χ0n) is 22.4. The van der Waals surface area contributed by atoms with E-state index in [4.69, 9.17) is 13.8 Å². The summed E-state index contributed by atoms with van der Waals surface area (Å²) < 4.78 is 11.0. The number of fused-ring (bicyclic) bond motifs is 2. The molecule has 7 heteroatoms. The van der Waals surface area contributed by atoms with Crippen LogP contribution in [0.2, 0.25) is 0 Å². The molecule has 0 saturated carbocycles. The Morgan fingerprint density at radius 2 is 1.61 bits per heavy atom. The van der Waals surface area contributed by atoms with Crippen LogP contribution < -0.4 is 5.32 Å². The third-order valence-corrected chi connectivity index (χ3v) is 7.83. The van der Waals surface area contributed by atoms with Gasteiger partial charge in [0.2, 0.25) is 5.91 Å². The van der Waals surface area contributed by atoms with Gasteiger partial charge in [0.1, 0.15) is 11.2 Å². The molecule has 0 fully saturated rings. The highest BCUT2D eigenvalue weighted by Crippen LogP contribution is 2.23. The van der Waals surface area contributed by atoms with Crippen molar-refractivity contribution in [3.05, 3.63) is 88.3 Å². The lowest BCUT2D eigenvalue weighted by Gasteiger charge is -2.29. The quantitative estimate of drug-likeness (QED) is 0.197. The van der Waals surface area contributed by atoms with Crippen molar-refractivity contribution in [2.24, 2.45) is 5.92 Å². The number of hydrogen-bond acceptors (Lipinski definition) is 6. The van der Waals surface area contributed by atoms with Gasteiger partial charge in [0.05, 0.1) is 35.8 Å². The van der Waals surface area contributed by atoms with Gasteiger partial charge in [-0.2, -0.15) is 0 Å². The molecular weight excluding hydrogens is 494 g/mol. The minimum atomic E-state index is -0.388. The smallest absolute Gasteiger partial charge is 0.240 e. The maximum atomic E-state index is 14.1. The molecule has 3 aromatic heterocycles. The second kappa shape index (κ2) is 11.5. The number of furan rings is 2. The largest absolute Gasteiger partial charge is 0.464 e. The van der Waals surface area contributed by atoms with E-state index in [1.165, 1.54) is 0 Å². The molecule has 38 heavy (non-hydrogen) atoms. The second-order valence-corrected chi connectivity index (χ2v) is 11.6. The van der Waals surface area contributed by atoms with Crippen molar-refractivity contribution >= 4 is 39.2 Å². The van der Waals surface area contributed by atoms with E-state index in [-0.39, 0.29) is 11.9 Å². The SMILES string of the molecule is CC(C)CN(Cc1csc(C(C)C)n1)C(=O)C(Cc1ccc2occc2c1)NCc1ccc2occc2c1. The Bertz CT molecular complexity index is 1510. The molecule has 1 amide bonds. The molecule has 198 valence electrons. The summed E-state index contributed by atoms with van der Waals surface area (Å²) in [4.78, 5) is 20.9. The minimum Gasteiger partial charge on any atom is -0.464 e. The number of hydrogen-bond donors (Lipinski definition) is 1. The number of aromatic nitrogens is 1. The Labute approximate surface area is 227 Å². The molecule has 0 aliphatic heterocycles. The lowest BCUT2D eigenvalue weighted by Crippen LogP contribution is -2.48. The number of nitrogens with one attached hydrogen (secondary N) is 1. The summed E-state index contributed by atoms with van der Waals surface area (Å²) in [5.74, 6) is 0.811. The van der Waals surface area contributed by atoms with E-state index in [2.05, 4.69) is 50.5 Å². The summed E-state index contributed by atoms with van der Waals surface area (Å²) >= 11 is 1.67. The van der Waals surface area contributed by atoms with Crippen molar-refractivity contribution in [2.45, 2.75) is 59.2 Å². The molecule has 1 unspecified atom stereocenters. The topological polar surface area (TPSA) is 71.5 Å². The molecule has 5 aromatic rings. The average molecular weight is 530 g/mol. The van der Waals surface area contributed by atoms with Crippen LogP contribution in [0.15, 0.2) is 75.3 Å². The first-order chi connectivity index (χ1) is 18.4. The Kier molecular flexibility index (Phi) is 7.95. The molecule has 0 bridgehead atoms. The fourth-order valence-electron chi connectivity index (χ4n) is 4.74. The van der Waals surface area contributed by atoms with Gasteiger partial charge in [0, 0.05) is 35.2 Å². The number of amides is 1. The molecule has 6 nitrogen and oxygen atoms in total. The minimum absolute atomic E-state index is 0.0921. The highest BCUT2D eigenvalue weighted by molar-refractivity contribution is 7.09. The van der Waals surface area contributed by atoms with Gasteiger partial charge in [-0.05, 0) is 59.9 Å². The van der Waals surface area contributed by atoms with Crippen LogP contribution in [0.4, 0.5) is 0 Å². The van der Waals surface area contributed by atoms with Crippen molar-refractivity contribution in [2.75, 3.05) is 6.54 Å². The van der Waals surface area contributed by atoms with Gasteiger partial charge in [0.15, 0.2) is 0 Å². The molecule has 5 rings (SSSR count). The Morgan fingerprint density at radius 1 is 0.947 bits per heavy atom. The van der Waals surface area contributed by atoms with Gasteiger partial charge >= 0.3 is 0 Å². The number of rotatable bonds is 11. The number of thiazole rings is 1. The zero-order valence-corrected chi connectivity index (χ0v) is 23.3. The lowest BCUT2D eigenvalue weighted by molar-refractivity contribution is -0.134. The zero-order chi connectivity index (χ0) is 26.6. The molecule has 0 aliphatic rings. The van der Waals surface area contributed by atoms with E-state index in [1.54, 1.807) is 23.9 Å². The molecule has 0 aliphatic carbocycles. The van der Waals surface area contributed by atoms with Gasteiger partial charge in [-0.1, -0.05) is 39.8 Å². The Balaban J connectivity index is 1.40. The standard InChI is InChI=1S/C31H35N3O3S/c1-20(2)17-34(18-26-19-38-30(33-26)21(3)4)31(35)27(15-22-5-7-28-24(13-22)9-11-36-28)32-16-23-6-8-29-25(14-23)10-12-37-29/h5-14,19-21,27,32H,15-18H2,1-4H3. The van der Waals surface area contributed by atoms with E-state index in [0.29, 0.717) is 37.9 Å². The summed E-state index contributed by atoms with van der Waals surface area (Å²) in [7, 11) is 0. The highest BCUT2D eigenvalue weighted by Gasteiger charge is 2.26. The molecule has 1 atom stereocenters. The fourth-order valence-corrected chi connectivity index (χ4v) is 5.57. The van der Waals surface area contributed by atoms with E-state index in [9.17, 15) is 4.79 Å². The summed E-state index contributed by atoms with van der Waals surface area (Å²) in [6, 6.07) is 15.8. The summed E-state index contributed by atoms with van der Waals surface area (Å²) in [5, 5.41) is 8.88. The van der Waals surface area contributed by atoms with Gasteiger partial charge in [-0.25, -0.2) is 4.98 Å². The summed E-state index contributed by atoms with van der Waals surface area (Å²) in [6.45, 7) is 10.4. The summed E-state index contributed by atoms with van der Waals surface area (Å²) in [6.07, 6.45) is 3.98. The van der Waals surface area contributed by atoms with Crippen LogP contribution in [0, 0.1) is 5.92 Å². The number of carbonyl (C=O) groups excluding carboxylic acids is 1. The van der Waals surface area contributed by atoms with Crippen LogP contribution >= 0.6 is 11.3 Å². The molecule has 0 saturated heterocycles. The Hall–Kier alpha value is -3.42. The van der Waals surface area contributed by atoms with Crippen molar-refractivity contribution in [3.63, 3.8) is 0 Å². The number of benzene rings is 2. The number of carbonyl (C=O) groups is 1. The van der Waals surface area contributed by atoms with Crippen molar-refractivity contribution in [1.29, 1.82) is 0 Å². The maximum Gasteiger partial charge on any atom is 0.240 e. The highest BCUT2D eigenvalue weighted by atomic mass is 32.1. The predicted molar refractivity (Wildman–Crippen MR) is 153 cm³/mol. The van der Waals surface area contributed by atoms with Crippen LogP contribution in [0.3, 0.4) is 0 Å². The maximum absolute atomic E-state index is 14.1. The van der Waals surface area contributed by atoms with E-state index in [0.717, 1.165) is 43.8 Å². The average Bonchev–Trinajstić information content (AvgIpc) is 3.65. The van der Waals surface area contributed by atoms with Gasteiger partial charge in [0.25, 0.3) is 0 Å². The third-order valence-electron chi connectivity index (χ3n) is 6.64. The first kappa shape index (κ1) is 26.2. The molecular formula is C31H35N3O3S. The van der Waals surface area contributed by atoms with Crippen LogP contribution in [0.5, 0.6) is 0 Å². The van der Waals surface area contributed by atoms with E-state index in [1.807, 2.05) is 41.3 Å². The second-order valence-electron chi connectivity index (χ2n) is 10.7. The summed E-state index contributed by atoms with van der Waals surface area (Å²) in [5.41, 5.74) is 4.87. The monoisotopic (exact) mass is 529 g/mol. The van der Waals surface area contributed by atoms with Gasteiger partial charge < -0.3 is 19.1 Å². The fraction of sp³-hybridized carbons (Fsp3) is 0.355. The molecule has 1 N–H and O–H groups in total. The van der Waals surface area contributed by atoms with Crippen molar-refractivity contribution in [3.8, 4) is 0 Å². The van der Waals surface area contributed by atoms with Gasteiger partial charge in [-0.3, -0.25) is 4.79 Å². The molecule has 3 heterocycles.